The lowest BCUT2D eigenvalue weighted by atomic mass is 9.94. The van der Waals surface area contributed by atoms with Crippen LogP contribution in [-0.2, 0) is 6.54 Å². The van der Waals surface area contributed by atoms with Crippen LogP contribution in [-0.4, -0.2) is 22.5 Å². The van der Waals surface area contributed by atoms with Crippen molar-refractivity contribution in [1.82, 2.24) is 9.38 Å². The molecule has 0 bridgehead atoms. The molecular weight excluding hydrogens is 244 g/mol. The number of fused-ring (bicyclic) bond motifs is 1. The number of thiazole rings is 1. The maximum Gasteiger partial charge on any atom is 0.195 e. The second-order valence-electron chi connectivity index (χ2n) is 4.98. The summed E-state index contributed by atoms with van der Waals surface area (Å²) in [7, 11) is 0. The molecular formula is C13H20N4S. The number of rotatable bonds is 3. The van der Waals surface area contributed by atoms with Gasteiger partial charge in [0.15, 0.2) is 10.8 Å². The Labute approximate surface area is 111 Å². The van der Waals surface area contributed by atoms with Crippen molar-refractivity contribution < 1.29 is 0 Å². The zero-order valence-corrected chi connectivity index (χ0v) is 11.6. The number of nitrogens with zero attached hydrogens (tertiary/aromatic N) is 3. The second-order valence-corrected chi connectivity index (χ2v) is 5.85. The molecule has 2 aromatic rings. The minimum absolute atomic E-state index is 0.556. The predicted molar refractivity (Wildman–Crippen MR) is 76.2 cm³/mol. The summed E-state index contributed by atoms with van der Waals surface area (Å²) in [6.07, 6.45) is 5.94. The quantitative estimate of drug-likeness (QED) is 0.926. The van der Waals surface area contributed by atoms with Crippen molar-refractivity contribution in [2.45, 2.75) is 32.7 Å². The van der Waals surface area contributed by atoms with Gasteiger partial charge in [-0.05, 0) is 18.8 Å². The minimum Gasteiger partial charge on any atom is -0.355 e. The van der Waals surface area contributed by atoms with Crippen molar-refractivity contribution in [3.05, 3.63) is 17.3 Å². The summed E-state index contributed by atoms with van der Waals surface area (Å²) in [5, 5.41) is 2.06. The molecule has 1 aliphatic rings. The van der Waals surface area contributed by atoms with E-state index < -0.39 is 0 Å². The van der Waals surface area contributed by atoms with Gasteiger partial charge in [0.25, 0.3) is 0 Å². The van der Waals surface area contributed by atoms with Gasteiger partial charge in [-0.25, -0.2) is 4.98 Å². The molecule has 0 unspecified atom stereocenters. The van der Waals surface area contributed by atoms with Crippen molar-refractivity contribution in [2.24, 2.45) is 11.7 Å². The van der Waals surface area contributed by atoms with E-state index in [2.05, 4.69) is 27.8 Å². The van der Waals surface area contributed by atoms with Gasteiger partial charge < -0.3 is 10.6 Å². The van der Waals surface area contributed by atoms with E-state index in [-0.39, 0.29) is 0 Å². The first kappa shape index (κ1) is 12.0. The lowest BCUT2D eigenvalue weighted by Gasteiger charge is -2.32. The lowest BCUT2D eigenvalue weighted by molar-refractivity contribution is 0.393. The van der Waals surface area contributed by atoms with Crippen molar-refractivity contribution in [3.8, 4) is 0 Å². The van der Waals surface area contributed by atoms with Gasteiger partial charge in [0.05, 0.1) is 5.69 Å². The molecule has 98 valence electrons. The molecule has 0 atom stereocenters. The zero-order chi connectivity index (χ0) is 12.5. The van der Waals surface area contributed by atoms with Crippen LogP contribution in [0.3, 0.4) is 0 Å². The Morgan fingerprint density at radius 2 is 2.22 bits per heavy atom. The molecule has 3 heterocycles. The molecule has 5 heteroatoms. The highest BCUT2D eigenvalue weighted by atomic mass is 32.1. The maximum atomic E-state index is 5.90. The fourth-order valence-electron chi connectivity index (χ4n) is 2.82. The largest absolute Gasteiger partial charge is 0.355 e. The van der Waals surface area contributed by atoms with Crippen LogP contribution in [0.1, 0.15) is 31.9 Å². The van der Waals surface area contributed by atoms with Crippen LogP contribution in [0.15, 0.2) is 11.6 Å². The Morgan fingerprint density at radius 1 is 1.44 bits per heavy atom. The van der Waals surface area contributed by atoms with Crippen LogP contribution in [0.25, 0.3) is 4.96 Å². The topological polar surface area (TPSA) is 46.6 Å². The highest BCUT2D eigenvalue weighted by molar-refractivity contribution is 7.15. The van der Waals surface area contributed by atoms with Crippen molar-refractivity contribution in [3.63, 3.8) is 0 Å². The molecule has 0 spiro atoms. The summed E-state index contributed by atoms with van der Waals surface area (Å²) >= 11 is 1.68. The molecule has 0 saturated carbocycles. The monoisotopic (exact) mass is 264 g/mol. The molecule has 0 radical (unpaired) electrons. The van der Waals surface area contributed by atoms with Gasteiger partial charge >= 0.3 is 0 Å². The average molecular weight is 264 g/mol. The van der Waals surface area contributed by atoms with E-state index in [0.29, 0.717) is 6.54 Å². The van der Waals surface area contributed by atoms with Gasteiger partial charge in [-0.2, -0.15) is 0 Å². The Bertz CT molecular complexity index is 522. The molecule has 0 aliphatic carbocycles. The van der Waals surface area contributed by atoms with Crippen LogP contribution in [0, 0.1) is 5.92 Å². The fourth-order valence-corrected chi connectivity index (χ4v) is 3.55. The third-order valence-electron chi connectivity index (χ3n) is 4.02. The Kier molecular flexibility index (Phi) is 3.26. The van der Waals surface area contributed by atoms with Gasteiger partial charge in [0.2, 0.25) is 0 Å². The van der Waals surface area contributed by atoms with E-state index in [4.69, 9.17) is 10.7 Å². The standard InChI is InChI=1S/C13H20N4S/c1-2-10-3-5-16(6-4-10)12-11(9-14)17-7-8-18-13(17)15-12/h7-8,10H,2-6,9,14H2,1H3. The average Bonchev–Trinajstić information content (AvgIpc) is 2.98. The normalized spacial score (nSPS) is 17.8. The molecule has 0 aromatic carbocycles. The van der Waals surface area contributed by atoms with E-state index in [0.717, 1.165) is 35.5 Å². The molecule has 1 saturated heterocycles. The summed E-state index contributed by atoms with van der Waals surface area (Å²) in [5.41, 5.74) is 7.05. The lowest BCUT2D eigenvalue weighted by Crippen LogP contribution is -2.34. The Balaban J connectivity index is 1.87. The first-order chi connectivity index (χ1) is 8.83. The van der Waals surface area contributed by atoms with Crippen molar-refractivity contribution >= 4 is 22.1 Å². The van der Waals surface area contributed by atoms with E-state index in [1.807, 2.05) is 0 Å². The zero-order valence-electron chi connectivity index (χ0n) is 10.8. The predicted octanol–water partition coefficient (Wildman–Crippen LogP) is 2.48. The Hall–Kier alpha value is -1.07. The molecule has 1 aliphatic heterocycles. The molecule has 18 heavy (non-hydrogen) atoms. The summed E-state index contributed by atoms with van der Waals surface area (Å²) in [4.78, 5) is 8.21. The van der Waals surface area contributed by atoms with Crippen LogP contribution in [0.4, 0.5) is 5.82 Å². The number of piperidine rings is 1. The fraction of sp³-hybridized carbons (Fsp3) is 0.615. The van der Waals surface area contributed by atoms with Gasteiger partial charge in [-0.1, -0.05) is 13.3 Å². The van der Waals surface area contributed by atoms with E-state index in [1.54, 1.807) is 11.3 Å². The van der Waals surface area contributed by atoms with Gasteiger partial charge in [0, 0.05) is 31.2 Å². The first-order valence-electron chi connectivity index (χ1n) is 6.73. The highest BCUT2D eigenvalue weighted by Gasteiger charge is 2.23. The first-order valence-corrected chi connectivity index (χ1v) is 7.61. The number of hydrogen-bond donors (Lipinski definition) is 1. The summed E-state index contributed by atoms with van der Waals surface area (Å²) in [6, 6.07) is 0. The van der Waals surface area contributed by atoms with Crippen LogP contribution in [0.2, 0.25) is 0 Å². The van der Waals surface area contributed by atoms with Gasteiger partial charge in [-0.3, -0.25) is 4.40 Å². The molecule has 4 nitrogen and oxygen atoms in total. The third-order valence-corrected chi connectivity index (χ3v) is 4.78. The van der Waals surface area contributed by atoms with E-state index in [1.165, 1.54) is 19.3 Å². The maximum absolute atomic E-state index is 5.90. The number of anilines is 1. The van der Waals surface area contributed by atoms with Crippen LogP contribution in [0.5, 0.6) is 0 Å². The summed E-state index contributed by atoms with van der Waals surface area (Å²) < 4.78 is 2.13. The summed E-state index contributed by atoms with van der Waals surface area (Å²) in [6.45, 7) is 5.09. The third kappa shape index (κ3) is 1.91. The summed E-state index contributed by atoms with van der Waals surface area (Å²) in [5.74, 6) is 2.00. The van der Waals surface area contributed by atoms with Crippen LogP contribution < -0.4 is 10.6 Å². The number of aromatic nitrogens is 2. The Morgan fingerprint density at radius 3 is 2.89 bits per heavy atom. The molecule has 0 amide bonds. The van der Waals surface area contributed by atoms with E-state index in [9.17, 15) is 0 Å². The van der Waals surface area contributed by atoms with Crippen molar-refractivity contribution in [2.75, 3.05) is 18.0 Å². The minimum atomic E-state index is 0.556. The number of nitrogens with two attached hydrogens (primary N) is 1. The molecule has 2 aromatic heterocycles. The highest BCUT2D eigenvalue weighted by Crippen LogP contribution is 2.29. The van der Waals surface area contributed by atoms with Crippen LogP contribution >= 0.6 is 11.3 Å². The molecule has 1 fully saturated rings. The second kappa shape index (κ2) is 4.90. The number of imidazole rings is 1. The van der Waals surface area contributed by atoms with E-state index >= 15 is 0 Å². The van der Waals surface area contributed by atoms with Gasteiger partial charge in [0.1, 0.15) is 0 Å². The van der Waals surface area contributed by atoms with Gasteiger partial charge in [-0.15, -0.1) is 11.3 Å². The smallest absolute Gasteiger partial charge is 0.195 e. The number of hydrogen-bond acceptors (Lipinski definition) is 4. The van der Waals surface area contributed by atoms with Crippen molar-refractivity contribution in [1.29, 1.82) is 0 Å². The molecule has 2 N–H and O–H groups in total. The SMILES string of the molecule is CCC1CCN(c2nc3sccn3c2CN)CC1. The molecule has 3 rings (SSSR count).